The Balaban J connectivity index is 2.09. The largest absolute Gasteiger partial charge is 0.394 e. The van der Waals surface area contributed by atoms with Crippen LogP contribution in [0.15, 0.2) is 18.2 Å². The van der Waals surface area contributed by atoms with Gasteiger partial charge in [0.2, 0.25) is 0 Å². The van der Waals surface area contributed by atoms with Crippen molar-refractivity contribution in [1.29, 1.82) is 0 Å². The molecular weight excluding hydrogens is 316 g/mol. The van der Waals surface area contributed by atoms with E-state index in [2.05, 4.69) is 15.7 Å². The SMILES string of the molecule is Cc1cc(NCc2c(C)nn(CCO)c2C)ccc1C(=O)NC(C)C. The van der Waals surface area contributed by atoms with Crippen molar-refractivity contribution < 1.29 is 9.90 Å². The molecule has 0 aliphatic rings. The first kappa shape index (κ1) is 19.0. The molecule has 0 aliphatic heterocycles. The first-order chi connectivity index (χ1) is 11.8. The topological polar surface area (TPSA) is 79.2 Å². The van der Waals surface area contributed by atoms with Gasteiger partial charge in [0.15, 0.2) is 0 Å². The Hall–Kier alpha value is -2.34. The molecule has 0 saturated carbocycles. The van der Waals surface area contributed by atoms with Crippen LogP contribution in [-0.4, -0.2) is 33.4 Å². The minimum Gasteiger partial charge on any atom is -0.394 e. The van der Waals surface area contributed by atoms with Gasteiger partial charge in [-0.25, -0.2) is 0 Å². The van der Waals surface area contributed by atoms with Crippen molar-refractivity contribution >= 4 is 11.6 Å². The van der Waals surface area contributed by atoms with Gasteiger partial charge in [0.1, 0.15) is 0 Å². The average Bonchev–Trinajstić information content (AvgIpc) is 2.79. The molecule has 1 aromatic carbocycles. The summed E-state index contributed by atoms with van der Waals surface area (Å²) in [4.78, 5) is 12.2. The predicted molar refractivity (Wildman–Crippen MR) is 99.9 cm³/mol. The van der Waals surface area contributed by atoms with Gasteiger partial charge in [-0.1, -0.05) is 0 Å². The number of nitrogens with one attached hydrogen (secondary N) is 2. The van der Waals surface area contributed by atoms with Crippen LogP contribution in [0, 0.1) is 20.8 Å². The van der Waals surface area contributed by atoms with Gasteiger partial charge in [-0.2, -0.15) is 5.10 Å². The van der Waals surface area contributed by atoms with Gasteiger partial charge in [0.05, 0.1) is 18.8 Å². The second kappa shape index (κ2) is 8.16. The lowest BCUT2D eigenvalue weighted by Gasteiger charge is -2.13. The zero-order valence-electron chi connectivity index (χ0n) is 15.7. The summed E-state index contributed by atoms with van der Waals surface area (Å²) in [5, 5.41) is 19.9. The van der Waals surface area contributed by atoms with Gasteiger partial charge in [0.25, 0.3) is 5.91 Å². The molecule has 2 aromatic rings. The van der Waals surface area contributed by atoms with Crippen molar-refractivity contribution in [2.75, 3.05) is 11.9 Å². The number of nitrogens with zero attached hydrogens (tertiary/aromatic N) is 2. The zero-order valence-corrected chi connectivity index (χ0v) is 15.7. The molecule has 1 amide bonds. The van der Waals surface area contributed by atoms with Crippen LogP contribution in [0.4, 0.5) is 5.69 Å². The highest BCUT2D eigenvalue weighted by Gasteiger charge is 2.13. The molecule has 0 saturated heterocycles. The van der Waals surface area contributed by atoms with Crippen LogP contribution in [0.3, 0.4) is 0 Å². The maximum absolute atomic E-state index is 12.2. The summed E-state index contributed by atoms with van der Waals surface area (Å²) in [7, 11) is 0. The molecule has 136 valence electrons. The van der Waals surface area contributed by atoms with E-state index in [1.807, 2.05) is 57.5 Å². The van der Waals surface area contributed by atoms with Gasteiger partial charge < -0.3 is 15.7 Å². The fourth-order valence-electron chi connectivity index (χ4n) is 2.86. The van der Waals surface area contributed by atoms with Crippen LogP contribution >= 0.6 is 0 Å². The molecule has 0 bridgehead atoms. The van der Waals surface area contributed by atoms with E-state index >= 15 is 0 Å². The Kier molecular flexibility index (Phi) is 6.20. The molecule has 25 heavy (non-hydrogen) atoms. The maximum atomic E-state index is 12.2. The number of anilines is 1. The number of carbonyl (C=O) groups excluding carboxylic acids is 1. The Morgan fingerprint density at radius 2 is 2.00 bits per heavy atom. The first-order valence-electron chi connectivity index (χ1n) is 8.62. The lowest BCUT2D eigenvalue weighted by atomic mass is 10.1. The van der Waals surface area contributed by atoms with Crippen molar-refractivity contribution in [3.63, 3.8) is 0 Å². The second-order valence-corrected chi connectivity index (χ2v) is 6.61. The number of aryl methyl sites for hydroxylation is 2. The molecule has 1 aromatic heterocycles. The Morgan fingerprint density at radius 1 is 1.28 bits per heavy atom. The number of carbonyl (C=O) groups is 1. The standard InChI is InChI=1S/C19H28N4O2/c1-12(2)21-19(25)17-7-6-16(10-13(17)3)20-11-18-14(4)22-23(8-9-24)15(18)5/h6-7,10,12,20,24H,8-9,11H2,1-5H3,(H,21,25). The third-order valence-electron chi connectivity index (χ3n) is 4.20. The molecule has 0 aliphatic carbocycles. The minimum absolute atomic E-state index is 0.0454. The van der Waals surface area contributed by atoms with Gasteiger partial charge >= 0.3 is 0 Å². The molecule has 0 atom stereocenters. The number of amides is 1. The summed E-state index contributed by atoms with van der Waals surface area (Å²) in [6.07, 6.45) is 0. The summed E-state index contributed by atoms with van der Waals surface area (Å²) in [6, 6.07) is 5.87. The van der Waals surface area contributed by atoms with Crippen molar-refractivity contribution in [2.45, 2.75) is 53.8 Å². The van der Waals surface area contributed by atoms with Crippen molar-refractivity contribution in [2.24, 2.45) is 0 Å². The smallest absolute Gasteiger partial charge is 0.251 e. The summed E-state index contributed by atoms with van der Waals surface area (Å²) >= 11 is 0. The van der Waals surface area contributed by atoms with Crippen molar-refractivity contribution in [3.8, 4) is 0 Å². The van der Waals surface area contributed by atoms with Gasteiger partial charge in [-0.15, -0.1) is 0 Å². The number of benzene rings is 1. The van der Waals surface area contributed by atoms with Crippen LogP contribution in [0.5, 0.6) is 0 Å². The monoisotopic (exact) mass is 344 g/mol. The first-order valence-corrected chi connectivity index (χ1v) is 8.62. The quantitative estimate of drug-likeness (QED) is 0.721. The second-order valence-electron chi connectivity index (χ2n) is 6.61. The number of aromatic nitrogens is 2. The number of hydrogen-bond acceptors (Lipinski definition) is 4. The van der Waals surface area contributed by atoms with Crippen LogP contribution in [0.1, 0.15) is 46.7 Å². The summed E-state index contributed by atoms with van der Waals surface area (Å²) in [5.41, 5.74) is 5.75. The number of rotatable bonds is 7. The van der Waals surface area contributed by atoms with E-state index in [-0.39, 0.29) is 18.6 Å². The predicted octanol–water partition coefficient (Wildman–Crippen LogP) is 2.55. The summed E-state index contributed by atoms with van der Waals surface area (Å²) in [5.74, 6) is -0.0454. The zero-order chi connectivity index (χ0) is 18.6. The molecular formula is C19H28N4O2. The maximum Gasteiger partial charge on any atom is 0.251 e. The molecule has 2 rings (SSSR count). The molecule has 0 fully saturated rings. The van der Waals surface area contributed by atoms with E-state index in [1.165, 1.54) is 0 Å². The van der Waals surface area contributed by atoms with E-state index in [4.69, 9.17) is 5.11 Å². The van der Waals surface area contributed by atoms with Crippen LogP contribution in [-0.2, 0) is 13.1 Å². The van der Waals surface area contributed by atoms with Gasteiger partial charge in [-0.05, 0) is 58.4 Å². The van der Waals surface area contributed by atoms with E-state index in [0.717, 1.165) is 28.2 Å². The normalized spacial score (nSPS) is 11.0. The number of aliphatic hydroxyl groups excluding tert-OH is 1. The fraction of sp³-hybridized carbons (Fsp3) is 0.474. The molecule has 6 nitrogen and oxygen atoms in total. The Labute approximate surface area is 149 Å². The highest BCUT2D eigenvalue weighted by molar-refractivity contribution is 5.96. The highest BCUT2D eigenvalue weighted by atomic mass is 16.3. The molecule has 0 spiro atoms. The van der Waals surface area contributed by atoms with E-state index < -0.39 is 0 Å². The minimum atomic E-state index is -0.0454. The summed E-state index contributed by atoms with van der Waals surface area (Å²) in [6.45, 7) is 11.1. The lowest BCUT2D eigenvalue weighted by molar-refractivity contribution is 0.0942. The van der Waals surface area contributed by atoms with E-state index in [1.54, 1.807) is 0 Å². The lowest BCUT2D eigenvalue weighted by Crippen LogP contribution is -2.30. The highest BCUT2D eigenvalue weighted by Crippen LogP contribution is 2.19. The molecule has 0 radical (unpaired) electrons. The molecule has 1 heterocycles. The third kappa shape index (κ3) is 4.60. The summed E-state index contributed by atoms with van der Waals surface area (Å²) < 4.78 is 1.83. The average molecular weight is 344 g/mol. The van der Waals surface area contributed by atoms with Crippen molar-refractivity contribution in [1.82, 2.24) is 15.1 Å². The van der Waals surface area contributed by atoms with Gasteiger partial charge in [-0.3, -0.25) is 9.48 Å². The van der Waals surface area contributed by atoms with Crippen LogP contribution in [0.25, 0.3) is 0 Å². The van der Waals surface area contributed by atoms with Crippen LogP contribution < -0.4 is 10.6 Å². The van der Waals surface area contributed by atoms with Gasteiger partial charge in [0, 0.05) is 35.1 Å². The molecule has 6 heteroatoms. The van der Waals surface area contributed by atoms with Crippen LogP contribution in [0.2, 0.25) is 0 Å². The number of hydrogen-bond donors (Lipinski definition) is 3. The fourth-order valence-corrected chi connectivity index (χ4v) is 2.86. The number of aliphatic hydroxyl groups is 1. The third-order valence-corrected chi connectivity index (χ3v) is 4.20. The molecule has 3 N–H and O–H groups in total. The Morgan fingerprint density at radius 3 is 2.60 bits per heavy atom. The van der Waals surface area contributed by atoms with E-state index in [0.29, 0.717) is 18.7 Å². The molecule has 0 unspecified atom stereocenters. The van der Waals surface area contributed by atoms with E-state index in [9.17, 15) is 4.79 Å². The Bertz CT molecular complexity index is 750. The van der Waals surface area contributed by atoms with Crippen molar-refractivity contribution in [3.05, 3.63) is 46.3 Å².